The van der Waals surface area contributed by atoms with E-state index in [1.54, 1.807) is 0 Å². The first-order chi connectivity index (χ1) is 14.4. The van der Waals surface area contributed by atoms with Gasteiger partial charge in [-0.25, -0.2) is 4.79 Å². The van der Waals surface area contributed by atoms with E-state index in [0.29, 0.717) is 37.0 Å². The Balaban J connectivity index is 1.55. The Morgan fingerprint density at radius 3 is 2.20 bits per heavy atom. The summed E-state index contributed by atoms with van der Waals surface area (Å²) in [7, 11) is 0. The minimum atomic E-state index is -0.966. The quantitative estimate of drug-likeness (QED) is 0.559. The zero-order valence-electron chi connectivity index (χ0n) is 17.4. The van der Waals surface area contributed by atoms with E-state index in [1.165, 1.54) is 0 Å². The molecule has 1 heterocycles. The van der Waals surface area contributed by atoms with E-state index in [9.17, 15) is 9.59 Å². The number of carbonyl (C=O) groups excluding carboxylic acids is 1. The number of carboxylic acid groups (broad SMARTS) is 1. The molecule has 7 nitrogen and oxygen atoms in total. The highest BCUT2D eigenvalue weighted by atomic mass is 16.4. The van der Waals surface area contributed by atoms with Gasteiger partial charge in [-0.1, -0.05) is 24.3 Å². The van der Waals surface area contributed by atoms with Crippen molar-refractivity contribution in [3.05, 3.63) is 53.2 Å². The second-order valence-electron chi connectivity index (χ2n) is 8.07. The van der Waals surface area contributed by atoms with Crippen LogP contribution in [0.15, 0.2) is 36.4 Å². The van der Waals surface area contributed by atoms with Crippen molar-refractivity contribution in [2.24, 2.45) is 17.6 Å². The molecule has 2 amide bonds. The Morgan fingerprint density at radius 2 is 1.63 bits per heavy atom. The van der Waals surface area contributed by atoms with Gasteiger partial charge in [0.1, 0.15) is 0 Å². The summed E-state index contributed by atoms with van der Waals surface area (Å²) in [5.41, 5.74) is 9.85. The fourth-order valence-corrected chi connectivity index (χ4v) is 3.97. The van der Waals surface area contributed by atoms with E-state index in [-0.39, 0.29) is 5.91 Å². The van der Waals surface area contributed by atoms with E-state index in [4.69, 9.17) is 10.8 Å². The first-order valence-corrected chi connectivity index (χ1v) is 10.5. The van der Waals surface area contributed by atoms with Crippen molar-refractivity contribution >= 4 is 12.0 Å². The number of hydrogen-bond acceptors (Lipinski definition) is 4. The molecule has 3 rings (SSSR count). The molecule has 160 valence electrons. The number of pyridine rings is 1. The van der Waals surface area contributed by atoms with Crippen LogP contribution in [0, 0.1) is 18.8 Å². The highest BCUT2D eigenvalue weighted by Crippen LogP contribution is 2.28. The molecule has 1 saturated carbocycles. The van der Waals surface area contributed by atoms with Crippen molar-refractivity contribution < 1.29 is 14.7 Å². The third-order valence-corrected chi connectivity index (χ3v) is 5.76. The molecule has 1 aromatic carbocycles. The number of benzene rings is 1. The average molecular weight is 411 g/mol. The predicted octanol–water partition coefficient (Wildman–Crippen LogP) is 3.32. The van der Waals surface area contributed by atoms with Gasteiger partial charge in [-0.15, -0.1) is 0 Å². The second-order valence-corrected chi connectivity index (χ2v) is 8.07. The Bertz CT molecular complexity index is 875. The van der Waals surface area contributed by atoms with Gasteiger partial charge in [0.2, 0.25) is 0 Å². The van der Waals surface area contributed by atoms with Crippen molar-refractivity contribution in [2.75, 3.05) is 13.1 Å². The summed E-state index contributed by atoms with van der Waals surface area (Å²) in [4.78, 5) is 27.9. The third-order valence-electron chi connectivity index (χ3n) is 5.76. The zero-order chi connectivity index (χ0) is 21.5. The number of aromatic nitrogens is 1. The van der Waals surface area contributed by atoms with E-state index in [1.807, 2.05) is 43.3 Å². The molecule has 1 fully saturated rings. The topological polar surface area (TPSA) is 117 Å². The molecular formula is C23H30N4O3. The van der Waals surface area contributed by atoms with Crippen LogP contribution >= 0.6 is 0 Å². The predicted molar refractivity (Wildman–Crippen MR) is 116 cm³/mol. The van der Waals surface area contributed by atoms with Crippen LogP contribution in [0.3, 0.4) is 0 Å². The first-order valence-electron chi connectivity index (χ1n) is 10.5. The van der Waals surface area contributed by atoms with Crippen molar-refractivity contribution in [1.29, 1.82) is 0 Å². The molecule has 0 saturated heterocycles. The Labute approximate surface area is 177 Å². The Kier molecular flexibility index (Phi) is 7.41. The fraction of sp³-hybridized carbons (Fsp3) is 0.435. The molecule has 0 spiro atoms. The molecule has 1 aliphatic carbocycles. The van der Waals surface area contributed by atoms with E-state index >= 15 is 0 Å². The number of nitrogens with two attached hydrogens (primary N) is 1. The highest BCUT2D eigenvalue weighted by molar-refractivity contribution is 5.95. The van der Waals surface area contributed by atoms with Gasteiger partial charge in [-0.05, 0) is 62.1 Å². The normalized spacial score (nSPS) is 18.6. The summed E-state index contributed by atoms with van der Waals surface area (Å²) < 4.78 is 0. The van der Waals surface area contributed by atoms with Crippen molar-refractivity contribution in [3.8, 4) is 11.3 Å². The highest BCUT2D eigenvalue weighted by Gasteiger charge is 2.22. The largest absolute Gasteiger partial charge is 0.465 e. The number of nitrogens with zero attached hydrogens (tertiary/aromatic N) is 1. The molecule has 1 aromatic heterocycles. The summed E-state index contributed by atoms with van der Waals surface area (Å²) in [6.45, 7) is 3.54. The number of nitrogens with one attached hydrogen (secondary N) is 2. The lowest BCUT2D eigenvalue weighted by molar-refractivity contribution is 0.0940. The number of amides is 2. The van der Waals surface area contributed by atoms with Crippen molar-refractivity contribution in [2.45, 2.75) is 39.2 Å². The van der Waals surface area contributed by atoms with Crippen LogP contribution < -0.4 is 16.4 Å². The summed E-state index contributed by atoms with van der Waals surface area (Å²) in [6.07, 6.45) is 3.00. The van der Waals surface area contributed by atoms with Crippen LogP contribution in [0.4, 0.5) is 4.79 Å². The molecule has 0 radical (unpaired) electrons. The minimum absolute atomic E-state index is 0.0880. The number of aryl methyl sites for hydroxylation is 1. The summed E-state index contributed by atoms with van der Waals surface area (Å²) >= 11 is 0. The minimum Gasteiger partial charge on any atom is -0.465 e. The molecular weight excluding hydrogens is 380 g/mol. The monoisotopic (exact) mass is 410 g/mol. The molecule has 0 atom stereocenters. The molecule has 1 aliphatic rings. The molecule has 30 heavy (non-hydrogen) atoms. The van der Waals surface area contributed by atoms with Gasteiger partial charge in [0.15, 0.2) is 0 Å². The van der Waals surface area contributed by atoms with Gasteiger partial charge < -0.3 is 21.5 Å². The van der Waals surface area contributed by atoms with Crippen LogP contribution in [0.1, 0.15) is 47.3 Å². The van der Waals surface area contributed by atoms with Crippen molar-refractivity contribution in [1.82, 2.24) is 15.6 Å². The Morgan fingerprint density at radius 1 is 1.03 bits per heavy atom. The Hall–Kier alpha value is -2.93. The molecule has 0 aliphatic heterocycles. The van der Waals surface area contributed by atoms with Gasteiger partial charge in [-0.2, -0.15) is 0 Å². The van der Waals surface area contributed by atoms with Crippen LogP contribution in [0.25, 0.3) is 11.3 Å². The van der Waals surface area contributed by atoms with Gasteiger partial charge in [0.25, 0.3) is 5.91 Å². The van der Waals surface area contributed by atoms with Crippen molar-refractivity contribution in [3.63, 3.8) is 0 Å². The number of hydrogen-bond donors (Lipinski definition) is 4. The average Bonchev–Trinajstić information content (AvgIpc) is 2.76. The van der Waals surface area contributed by atoms with Crippen LogP contribution in [-0.2, 0) is 6.54 Å². The summed E-state index contributed by atoms with van der Waals surface area (Å²) in [5, 5.41) is 14.2. The fourth-order valence-electron chi connectivity index (χ4n) is 3.97. The van der Waals surface area contributed by atoms with Crippen LogP contribution in [0.2, 0.25) is 0 Å². The van der Waals surface area contributed by atoms with Crippen LogP contribution in [-0.4, -0.2) is 35.2 Å². The number of carbonyl (C=O) groups is 2. The SMILES string of the molecule is Cc1cc(C(=O)NC[C@H]2CC[C@H](CNC(=O)O)CC2)cc(-c2ccc(CN)cc2)n1. The lowest BCUT2D eigenvalue weighted by atomic mass is 9.82. The van der Waals surface area contributed by atoms with Gasteiger partial charge >= 0.3 is 6.09 Å². The summed E-state index contributed by atoms with van der Waals surface area (Å²) in [6, 6.07) is 11.5. The van der Waals surface area contributed by atoms with Gasteiger partial charge in [0.05, 0.1) is 5.69 Å². The van der Waals surface area contributed by atoms with E-state index in [2.05, 4.69) is 15.6 Å². The molecule has 5 N–H and O–H groups in total. The second kappa shape index (κ2) is 10.2. The van der Waals surface area contributed by atoms with Gasteiger partial charge in [0, 0.05) is 36.5 Å². The van der Waals surface area contributed by atoms with E-state index < -0.39 is 6.09 Å². The molecule has 0 unspecified atom stereocenters. The maximum Gasteiger partial charge on any atom is 0.404 e. The maximum atomic E-state index is 12.7. The first kappa shape index (κ1) is 21.8. The standard InChI is InChI=1S/C23H30N4O3/c1-15-10-20(11-21(27-15)19-8-6-16(12-24)7-9-19)22(28)25-13-17-2-4-18(5-3-17)14-26-23(29)30/h6-11,17-18,26H,2-5,12-14,24H2,1H3,(H,25,28)(H,29,30)/t17-,18-. The lowest BCUT2D eigenvalue weighted by Crippen LogP contribution is -2.34. The molecule has 7 heteroatoms. The van der Waals surface area contributed by atoms with E-state index in [0.717, 1.165) is 48.2 Å². The maximum absolute atomic E-state index is 12.7. The number of rotatable bonds is 7. The zero-order valence-corrected chi connectivity index (χ0v) is 17.4. The lowest BCUT2D eigenvalue weighted by Gasteiger charge is -2.28. The molecule has 0 bridgehead atoms. The van der Waals surface area contributed by atoms with Gasteiger partial charge in [-0.3, -0.25) is 9.78 Å². The third kappa shape index (κ3) is 6.03. The molecule has 2 aromatic rings. The smallest absolute Gasteiger partial charge is 0.404 e. The summed E-state index contributed by atoms with van der Waals surface area (Å²) in [5.74, 6) is 0.736. The van der Waals surface area contributed by atoms with Crippen LogP contribution in [0.5, 0.6) is 0 Å².